The van der Waals surface area contributed by atoms with E-state index in [2.05, 4.69) is 0 Å². The van der Waals surface area contributed by atoms with Gasteiger partial charge in [0.05, 0.1) is 23.7 Å². The minimum Gasteiger partial charge on any atom is -0.481 e. The molecule has 0 atom stereocenters. The molecule has 5 rings (SSSR count). The quantitative estimate of drug-likeness (QED) is 0.121. The summed E-state index contributed by atoms with van der Waals surface area (Å²) in [6.07, 6.45) is 1.15. The first-order valence-corrected chi connectivity index (χ1v) is 17.7. The zero-order chi connectivity index (χ0) is 37.4. The van der Waals surface area contributed by atoms with Crippen LogP contribution in [0.4, 0.5) is 0 Å². The van der Waals surface area contributed by atoms with Gasteiger partial charge in [-0.1, -0.05) is 74.5 Å². The van der Waals surface area contributed by atoms with Crippen molar-refractivity contribution < 1.29 is 38.9 Å². The van der Waals surface area contributed by atoms with Gasteiger partial charge in [-0.25, -0.2) is 0 Å². The van der Waals surface area contributed by atoms with E-state index < -0.39 is 47.4 Å². The summed E-state index contributed by atoms with van der Waals surface area (Å²) < 4.78 is 12.0. The van der Waals surface area contributed by atoms with Crippen molar-refractivity contribution in [1.82, 2.24) is 9.80 Å². The molecule has 0 unspecified atom stereocenters. The Kier molecular flexibility index (Phi) is 12.3. The fourth-order valence-electron chi connectivity index (χ4n) is 6.99. The number of carbonyl (C=O) groups excluding carboxylic acids is 2. The number of rotatable bonds is 16. The van der Waals surface area contributed by atoms with Crippen LogP contribution >= 0.6 is 0 Å². The van der Waals surface area contributed by atoms with Crippen LogP contribution in [0.2, 0.25) is 0 Å². The first-order chi connectivity index (χ1) is 25.0. The maximum Gasteiger partial charge on any atom is 0.308 e. The average molecular weight is 707 g/mol. The molecule has 0 radical (unpaired) electrons. The van der Waals surface area contributed by atoms with Gasteiger partial charge in [-0.3, -0.25) is 19.2 Å². The zero-order valence-corrected chi connectivity index (χ0v) is 30.0. The molecule has 0 saturated heterocycles. The molecule has 10 heteroatoms. The van der Waals surface area contributed by atoms with Crippen molar-refractivity contribution in [1.29, 1.82) is 0 Å². The number of nitrogens with zero attached hydrogens (tertiary/aromatic N) is 2. The van der Waals surface area contributed by atoms with Crippen LogP contribution in [-0.2, 0) is 32.3 Å². The van der Waals surface area contributed by atoms with Crippen LogP contribution in [-0.4, -0.2) is 56.9 Å². The molecule has 10 nitrogen and oxygen atoms in total. The standard InChI is InChI=1S/C42H46N2O8/c1-5-21-43(25-29-17-19-33(27(3)23-29)51-31-13-9-7-10-14-31)39(45)35-37(41(47)48)36(38(35)42(49)50)40(46)44(22-6-2)26-30-18-20-34(28(4)24-30)52-32-15-11-8-12-16-32/h7-20,23-24,35-38H,5-6,21-22,25-26H2,1-4H3,(H,47,48)(H,49,50)/t35-,36-,37-,38-. The molecule has 0 aromatic heterocycles. The van der Waals surface area contributed by atoms with Crippen molar-refractivity contribution in [2.45, 2.75) is 53.6 Å². The third-order valence-corrected chi connectivity index (χ3v) is 9.47. The maximum absolute atomic E-state index is 14.1. The monoisotopic (exact) mass is 706 g/mol. The molecule has 4 aromatic carbocycles. The van der Waals surface area contributed by atoms with Crippen LogP contribution in [0.1, 0.15) is 48.9 Å². The van der Waals surface area contributed by atoms with Crippen molar-refractivity contribution in [3.8, 4) is 23.0 Å². The molecular weight excluding hydrogens is 660 g/mol. The van der Waals surface area contributed by atoms with E-state index in [-0.39, 0.29) is 13.1 Å². The van der Waals surface area contributed by atoms with Gasteiger partial charge in [0, 0.05) is 26.2 Å². The topological polar surface area (TPSA) is 134 Å². The molecule has 4 aromatic rings. The lowest BCUT2D eigenvalue weighted by Gasteiger charge is -2.48. The predicted octanol–water partition coefficient (Wildman–Crippen LogP) is 7.71. The van der Waals surface area contributed by atoms with Gasteiger partial charge in [0.15, 0.2) is 0 Å². The SMILES string of the molecule is CCCN(Cc1ccc(Oc2ccccc2)c(C)c1)C(=O)[C@H]1[C@H](C(=O)O)[C@H](C(=O)N(CCC)Cc2ccc(Oc3ccccc3)c(C)c2)[C@H]1C(=O)O. The third-order valence-electron chi connectivity index (χ3n) is 9.47. The molecule has 0 spiro atoms. The van der Waals surface area contributed by atoms with E-state index in [0.29, 0.717) is 48.9 Å². The van der Waals surface area contributed by atoms with Crippen LogP contribution in [0.15, 0.2) is 97.1 Å². The largest absolute Gasteiger partial charge is 0.481 e. The van der Waals surface area contributed by atoms with E-state index in [9.17, 15) is 29.4 Å². The van der Waals surface area contributed by atoms with E-state index in [0.717, 1.165) is 22.3 Å². The highest BCUT2D eigenvalue weighted by molar-refractivity contribution is 5.99. The fourth-order valence-corrected chi connectivity index (χ4v) is 6.99. The van der Waals surface area contributed by atoms with Crippen molar-refractivity contribution >= 4 is 23.8 Å². The number of ether oxygens (including phenoxy) is 2. The highest BCUT2D eigenvalue weighted by Crippen LogP contribution is 2.49. The van der Waals surface area contributed by atoms with E-state index in [4.69, 9.17) is 9.47 Å². The van der Waals surface area contributed by atoms with Gasteiger partial charge < -0.3 is 29.5 Å². The second kappa shape index (κ2) is 17.0. The van der Waals surface area contributed by atoms with Crippen molar-refractivity contribution in [2.24, 2.45) is 23.7 Å². The number of benzene rings is 4. The molecule has 52 heavy (non-hydrogen) atoms. The number of hydrogen-bond acceptors (Lipinski definition) is 6. The lowest BCUT2D eigenvalue weighted by molar-refractivity contribution is -0.187. The second-order valence-electron chi connectivity index (χ2n) is 13.3. The van der Waals surface area contributed by atoms with E-state index in [1.54, 1.807) is 0 Å². The summed E-state index contributed by atoms with van der Waals surface area (Å²) >= 11 is 0. The summed E-state index contributed by atoms with van der Waals surface area (Å²) in [5.74, 6) is -6.95. The van der Waals surface area contributed by atoms with E-state index in [1.807, 2.05) is 125 Å². The summed E-state index contributed by atoms with van der Waals surface area (Å²) in [6, 6.07) is 29.8. The summed E-state index contributed by atoms with van der Waals surface area (Å²) in [7, 11) is 0. The Labute approximate surface area is 304 Å². The maximum atomic E-state index is 14.1. The van der Waals surface area contributed by atoms with Gasteiger partial charge in [0.1, 0.15) is 23.0 Å². The summed E-state index contributed by atoms with van der Waals surface area (Å²) in [5, 5.41) is 20.8. The van der Waals surface area contributed by atoms with Crippen LogP contribution in [0.3, 0.4) is 0 Å². The van der Waals surface area contributed by atoms with Gasteiger partial charge in [0.25, 0.3) is 0 Å². The Morgan fingerprint density at radius 3 is 1.23 bits per heavy atom. The van der Waals surface area contributed by atoms with Crippen LogP contribution < -0.4 is 9.47 Å². The first-order valence-electron chi connectivity index (χ1n) is 17.7. The van der Waals surface area contributed by atoms with Gasteiger partial charge >= 0.3 is 11.9 Å². The smallest absolute Gasteiger partial charge is 0.308 e. The molecule has 1 aliphatic carbocycles. The number of aliphatic carboxylic acids is 2. The zero-order valence-electron chi connectivity index (χ0n) is 30.0. The first kappa shape index (κ1) is 37.6. The number of hydrogen-bond donors (Lipinski definition) is 2. The Morgan fingerprint density at radius 2 is 0.923 bits per heavy atom. The number of para-hydroxylation sites is 2. The molecule has 1 saturated carbocycles. The Morgan fingerprint density at radius 1 is 0.558 bits per heavy atom. The fraction of sp³-hybridized carbons (Fsp3) is 0.333. The number of carboxylic acid groups (broad SMARTS) is 2. The van der Waals surface area contributed by atoms with Crippen molar-refractivity contribution in [3.05, 3.63) is 119 Å². The molecule has 0 heterocycles. The normalized spacial score (nSPS) is 17.8. The van der Waals surface area contributed by atoms with E-state index >= 15 is 0 Å². The van der Waals surface area contributed by atoms with Crippen molar-refractivity contribution in [3.63, 3.8) is 0 Å². The predicted molar refractivity (Wildman–Crippen MR) is 196 cm³/mol. The summed E-state index contributed by atoms with van der Waals surface area (Å²) in [4.78, 5) is 56.8. The lowest BCUT2D eigenvalue weighted by Crippen LogP contribution is -2.64. The molecule has 1 fully saturated rings. The van der Waals surface area contributed by atoms with Gasteiger partial charge in [-0.15, -0.1) is 0 Å². The minimum absolute atomic E-state index is 0.151. The van der Waals surface area contributed by atoms with Gasteiger partial charge in [0.2, 0.25) is 11.8 Å². The van der Waals surface area contributed by atoms with Crippen LogP contribution in [0, 0.1) is 37.5 Å². The van der Waals surface area contributed by atoms with E-state index in [1.165, 1.54) is 9.80 Å². The number of carboxylic acids is 2. The highest BCUT2D eigenvalue weighted by Gasteiger charge is 2.64. The molecule has 2 N–H and O–H groups in total. The molecule has 0 aliphatic heterocycles. The van der Waals surface area contributed by atoms with Gasteiger partial charge in [-0.05, 0) is 85.3 Å². The van der Waals surface area contributed by atoms with Crippen LogP contribution in [0.25, 0.3) is 0 Å². The Hall–Kier alpha value is -5.64. The van der Waals surface area contributed by atoms with Crippen molar-refractivity contribution in [2.75, 3.05) is 13.1 Å². The number of carbonyl (C=O) groups is 4. The second-order valence-corrected chi connectivity index (χ2v) is 13.3. The number of amides is 2. The van der Waals surface area contributed by atoms with Crippen LogP contribution in [0.5, 0.6) is 23.0 Å². The Balaban J connectivity index is 1.34. The summed E-state index contributed by atoms with van der Waals surface area (Å²) in [5.41, 5.74) is 3.26. The summed E-state index contributed by atoms with van der Waals surface area (Å²) in [6.45, 7) is 8.46. The molecule has 2 amide bonds. The third kappa shape index (κ3) is 8.62. The van der Waals surface area contributed by atoms with Gasteiger partial charge in [-0.2, -0.15) is 0 Å². The minimum atomic E-state index is -1.48. The molecule has 272 valence electrons. The molecular formula is C42H46N2O8. The lowest BCUT2D eigenvalue weighted by atomic mass is 9.55. The Bertz CT molecular complexity index is 1730. The number of aryl methyl sites for hydroxylation is 2. The molecule has 0 bridgehead atoms. The highest BCUT2D eigenvalue weighted by atomic mass is 16.5. The molecule has 1 aliphatic rings. The average Bonchev–Trinajstić information content (AvgIpc) is 3.10.